The SMILES string of the molecule is COCCC(N)C(=O)NC(C)COC. The standard InChI is InChI=1S/C9H20N2O3/c1-7(6-14-3)11-9(12)8(10)4-5-13-2/h7-8H,4-6,10H2,1-3H3,(H,11,12). The highest BCUT2D eigenvalue weighted by Crippen LogP contribution is 1.91. The Bertz CT molecular complexity index is 164. The molecule has 0 aromatic carbocycles. The maximum Gasteiger partial charge on any atom is 0.237 e. The number of ether oxygens (including phenoxy) is 2. The molecule has 0 saturated heterocycles. The highest BCUT2D eigenvalue weighted by Gasteiger charge is 2.14. The molecule has 2 unspecified atom stereocenters. The fraction of sp³-hybridized carbons (Fsp3) is 0.889. The molecule has 5 heteroatoms. The number of carbonyl (C=O) groups excluding carboxylic acids is 1. The predicted octanol–water partition coefficient (Wildman–Crippen LogP) is -0.499. The van der Waals surface area contributed by atoms with Crippen LogP contribution in [0.5, 0.6) is 0 Å². The molecule has 1 amide bonds. The molecule has 0 aromatic heterocycles. The van der Waals surface area contributed by atoms with Crippen molar-refractivity contribution in [1.82, 2.24) is 5.32 Å². The number of methoxy groups -OCH3 is 2. The summed E-state index contributed by atoms with van der Waals surface area (Å²) in [5, 5.41) is 2.74. The first-order valence-electron chi connectivity index (χ1n) is 4.65. The zero-order chi connectivity index (χ0) is 11.0. The van der Waals surface area contributed by atoms with Crippen LogP contribution in [-0.2, 0) is 14.3 Å². The topological polar surface area (TPSA) is 73.6 Å². The van der Waals surface area contributed by atoms with E-state index in [0.717, 1.165) is 0 Å². The molecule has 0 fully saturated rings. The molecule has 0 spiro atoms. The lowest BCUT2D eigenvalue weighted by Gasteiger charge is -2.16. The average molecular weight is 204 g/mol. The van der Waals surface area contributed by atoms with Crippen LogP contribution in [0.15, 0.2) is 0 Å². The minimum Gasteiger partial charge on any atom is -0.385 e. The second kappa shape index (κ2) is 7.73. The largest absolute Gasteiger partial charge is 0.385 e. The summed E-state index contributed by atoms with van der Waals surface area (Å²) in [4.78, 5) is 11.4. The van der Waals surface area contributed by atoms with Crippen LogP contribution in [0.4, 0.5) is 0 Å². The molecule has 0 radical (unpaired) electrons. The van der Waals surface area contributed by atoms with Crippen LogP contribution in [-0.4, -0.2) is 45.4 Å². The van der Waals surface area contributed by atoms with E-state index < -0.39 is 6.04 Å². The number of nitrogens with one attached hydrogen (secondary N) is 1. The number of hydrogen-bond acceptors (Lipinski definition) is 4. The van der Waals surface area contributed by atoms with Crippen LogP contribution in [0.25, 0.3) is 0 Å². The maximum atomic E-state index is 11.4. The van der Waals surface area contributed by atoms with Crippen molar-refractivity contribution < 1.29 is 14.3 Å². The van der Waals surface area contributed by atoms with Gasteiger partial charge in [0.15, 0.2) is 0 Å². The first-order valence-corrected chi connectivity index (χ1v) is 4.65. The molecule has 0 saturated carbocycles. The molecular formula is C9H20N2O3. The van der Waals surface area contributed by atoms with E-state index in [-0.39, 0.29) is 11.9 Å². The van der Waals surface area contributed by atoms with E-state index in [1.807, 2.05) is 6.92 Å². The average Bonchev–Trinajstić information content (AvgIpc) is 2.14. The van der Waals surface area contributed by atoms with Gasteiger partial charge < -0.3 is 20.5 Å². The summed E-state index contributed by atoms with van der Waals surface area (Å²) in [6.07, 6.45) is 0.530. The Balaban J connectivity index is 3.71. The molecule has 0 aliphatic heterocycles. The van der Waals surface area contributed by atoms with Gasteiger partial charge in [-0.3, -0.25) is 4.79 Å². The summed E-state index contributed by atoms with van der Waals surface area (Å²) < 4.78 is 9.72. The molecule has 0 heterocycles. The van der Waals surface area contributed by atoms with Crippen LogP contribution in [0.2, 0.25) is 0 Å². The number of rotatable bonds is 7. The molecule has 0 rings (SSSR count). The van der Waals surface area contributed by atoms with Gasteiger partial charge in [-0.25, -0.2) is 0 Å². The summed E-state index contributed by atoms with van der Waals surface area (Å²) in [6.45, 7) is 2.85. The summed E-state index contributed by atoms with van der Waals surface area (Å²) >= 11 is 0. The highest BCUT2D eigenvalue weighted by atomic mass is 16.5. The second-order valence-corrected chi connectivity index (χ2v) is 3.25. The number of hydrogen-bond donors (Lipinski definition) is 2. The van der Waals surface area contributed by atoms with Gasteiger partial charge in [0.05, 0.1) is 12.6 Å². The van der Waals surface area contributed by atoms with Gasteiger partial charge in [-0.15, -0.1) is 0 Å². The molecule has 0 aliphatic carbocycles. The van der Waals surface area contributed by atoms with Crippen molar-refractivity contribution in [2.75, 3.05) is 27.4 Å². The quantitative estimate of drug-likeness (QED) is 0.586. The minimum atomic E-state index is -0.505. The Morgan fingerprint density at radius 3 is 2.57 bits per heavy atom. The summed E-state index contributed by atoms with van der Waals surface area (Å²) in [6, 6.07) is -0.518. The molecule has 14 heavy (non-hydrogen) atoms. The van der Waals surface area contributed by atoms with Gasteiger partial charge in [0.25, 0.3) is 0 Å². The summed E-state index contributed by atoms with van der Waals surface area (Å²) in [7, 11) is 3.17. The Morgan fingerprint density at radius 2 is 2.07 bits per heavy atom. The maximum absolute atomic E-state index is 11.4. The Hall–Kier alpha value is -0.650. The minimum absolute atomic E-state index is 0.0129. The van der Waals surface area contributed by atoms with E-state index in [0.29, 0.717) is 19.6 Å². The molecule has 0 bridgehead atoms. The summed E-state index contributed by atoms with van der Waals surface area (Å²) in [5.41, 5.74) is 5.61. The zero-order valence-electron chi connectivity index (χ0n) is 9.08. The van der Waals surface area contributed by atoms with Crippen molar-refractivity contribution >= 4 is 5.91 Å². The van der Waals surface area contributed by atoms with E-state index in [4.69, 9.17) is 15.2 Å². The molecule has 3 N–H and O–H groups in total. The summed E-state index contributed by atoms with van der Waals surface area (Å²) in [5.74, 6) is -0.161. The van der Waals surface area contributed by atoms with Gasteiger partial charge in [0.2, 0.25) is 5.91 Å². The lowest BCUT2D eigenvalue weighted by atomic mass is 10.2. The van der Waals surface area contributed by atoms with Gasteiger partial charge in [-0.1, -0.05) is 0 Å². The third-order valence-corrected chi connectivity index (χ3v) is 1.78. The highest BCUT2D eigenvalue weighted by molar-refractivity contribution is 5.81. The van der Waals surface area contributed by atoms with Crippen molar-refractivity contribution in [2.24, 2.45) is 5.73 Å². The van der Waals surface area contributed by atoms with Gasteiger partial charge in [0, 0.05) is 26.9 Å². The normalized spacial score (nSPS) is 14.9. The second-order valence-electron chi connectivity index (χ2n) is 3.25. The fourth-order valence-corrected chi connectivity index (χ4v) is 1.02. The van der Waals surface area contributed by atoms with E-state index in [9.17, 15) is 4.79 Å². The van der Waals surface area contributed by atoms with E-state index in [1.54, 1.807) is 14.2 Å². The number of nitrogens with two attached hydrogens (primary N) is 1. The van der Waals surface area contributed by atoms with Crippen LogP contribution >= 0.6 is 0 Å². The lowest BCUT2D eigenvalue weighted by Crippen LogP contribution is -2.46. The third kappa shape index (κ3) is 5.90. The monoisotopic (exact) mass is 204 g/mol. The van der Waals surface area contributed by atoms with Crippen LogP contribution in [0, 0.1) is 0 Å². The molecule has 0 aromatic rings. The first-order chi connectivity index (χ1) is 6.61. The third-order valence-electron chi connectivity index (χ3n) is 1.78. The molecule has 2 atom stereocenters. The Kier molecular flexibility index (Phi) is 7.37. The first kappa shape index (κ1) is 13.4. The molecular weight excluding hydrogens is 184 g/mol. The van der Waals surface area contributed by atoms with Gasteiger partial charge in [-0.05, 0) is 13.3 Å². The van der Waals surface area contributed by atoms with E-state index in [2.05, 4.69) is 5.32 Å². The van der Waals surface area contributed by atoms with Gasteiger partial charge in [0.1, 0.15) is 0 Å². The van der Waals surface area contributed by atoms with Crippen LogP contribution in [0.1, 0.15) is 13.3 Å². The molecule has 84 valence electrons. The zero-order valence-corrected chi connectivity index (χ0v) is 9.08. The Morgan fingerprint density at radius 1 is 1.43 bits per heavy atom. The van der Waals surface area contributed by atoms with Crippen LogP contribution < -0.4 is 11.1 Å². The smallest absolute Gasteiger partial charge is 0.237 e. The Labute approximate surface area is 84.9 Å². The van der Waals surface area contributed by atoms with E-state index in [1.165, 1.54) is 0 Å². The number of carbonyl (C=O) groups is 1. The number of amides is 1. The van der Waals surface area contributed by atoms with Gasteiger partial charge >= 0.3 is 0 Å². The van der Waals surface area contributed by atoms with Crippen LogP contribution in [0.3, 0.4) is 0 Å². The van der Waals surface area contributed by atoms with Crippen molar-refractivity contribution in [1.29, 1.82) is 0 Å². The van der Waals surface area contributed by atoms with Crippen molar-refractivity contribution in [3.05, 3.63) is 0 Å². The van der Waals surface area contributed by atoms with E-state index >= 15 is 0 Å². The van der Waals surface area contributed by atoms with Crippen molar-refractivity contribution in [3.8, 4) is 0 Å². The van der Waals surface area contributed by atoms with Gasteiger partial charge in [-0.2, -0.15) is 0 Å². The van der Waals surface area contributed by atoms with Crippen molar-refractivity contribution in [2.45, 2.75) is 25.4 Å². The fourth-order valence-electron chi connectivity index (χ4n) is 1.02. The van der Waals surface area contributed by atoms with Crippen molar-refractivity contribution in [3.63, 3.8) is 0 Å². The predicted molar refractivity (Wildman–Crippen MR) is 53.9 cm³/mol. The lowest BCUT2D eigenvalue weighted by molar-refractivity contribution is -0.123. The molecule has 5 nitrogen and oxygen atoms in total. The molecule has 0 aliphatic rings.